The van der Waals surface area contributed by atoms with Crippen LogP contribution in [-0.4, -0.2) is 25.5 Å². The zero-order valence-corrected chi connectivity index (χ0v) is 14.5. The van der Waals surface area contributed by atoms with Gasteiger partial charge in [0.25, 0.3) is 5.91 Å². The number of aryl methyl sites for hydroxylation is 2. The summed E-state index contributed by atoms with van der Waals surface area (Å²) in [7, 11) is 0. The molecule has 0 aliphatic rings. The highest BCUT2D eigenvalue weighted by Gasteiger charge is 2.15. The Hall–Kier alpha value is -2.60. The van der Waals surface area contributed by atoms with Crippen molar-refractivity contribution in [1.82, 2.24) is 19.6 Å². The fourth-order valence-corrected chi connectivity index (χ4v) is 2.70. The lowest BCUT2D eigenvalue weighted by atomic mass is 10.1. The van der Waals surface area contributed by atoms with Gasteiger partial charge in [-0.2, -0.15) is 10.2 Å². The van der Waals surface area contributed by atoms with E-state index < -0.39 is 0 Å². The number of amides is 1. The van der Waals surface area contributed by atoms with Gasteiger partial charge in [-0.15, -0.1) is 0 Å². The molecule has 0 saturated carbocycles. The van der Waals surface area contributed by atoms with Crippen molar-refractivity contribution in [2.24, 2.45) is 0 Å². The standard InChI is InChI=1S/C17H18ClN5O/c1-11-5-4-6-14(7-11)17(24)20-16-12(2)21-23(13(16)3)10-22-9-15(18)8-19-22/h4-9H,10H2,1-3H3,(H,20,24). The fourth-order valence-electron chi connectivity index (χ4n) is 2.54. The predicted molar refractivity (Wildman–Crippen MR) is 93.5 cm³/mol. The van der Waals surface area contributed by atoms with Crippen LogP contribution in [0.3, 0.4) is 0 Å². The number of aromatic nitrogens is 4. The zero-order chi connectivity index (χ0) is 17.3. The number of nitrogens with one attached hydrogen (secondary N) is 1. The maximum atomic E-state index is 12.5. The summed E-state index contributed by atoms with van der Waals surface area (Å²) in [5, 5.41) is 12.2. The molecule has 0 radical (unpaired) electrons. The molecule has 1 N–H and O–H groups in total. The first-order valence-electron chi connectivity index (χ1n) is 7.54. The Bertz CT molecular complexity index is 896. The van der Waals surface area contributed by atoms with Crippen molar-refractivity contribution >= 4 is 23.2 Å². The number of hydrogen-bond donors (Lipinski definition) is 1. The van der Waals surface area contributed by atoms with Gasteiger partial charge in [0, 0.05) is 11.8 Å². The minimum absolute atomic E-state index is 0.147. The van der Waals surface area contributed by atoms with E-state index in [2.05, 4.69) is 15.5 Å². The Labute approximate surface area is 145 Å². The molecule has 3 rings (SSSR count). The number of halogens is 1. The summed E-state index contributed by atoms with van der Waals surface area (Å²) in [5.74, 6) is -0.147. The zero-order valence-electron chi connectivity index (χ0n) is 13.7. The minimum Gasteiger partial charge on any atom is -0.319 e. The summed E-state index contributed by atoms with van der Waals surface area (Å²) < 4.78 is 3.47. The van der Waals surface area contributed by atoms with E-state index in [1.807, 2.05) is 39.0 Å². The van der Waals surface area contributed by atoms with Gasteiger partial charge in [-0.05, 0) is 32.9 Å². The summed E-state index contributed by atoms with van der Waals surface area (Å²) in [6.07, 6.45) is 3.30. The molecule has 0 aliphatic carbocycles. The number of carbonyl (C=O) groups excluding carboxylic acids is 1. The Kier molecular flexibility index (Phi) is 4.40. The average molecular weight is 344 g/mol. The van der Waals surface area contributed by atoms with E-state index in [0.717, 1.165) is 22.6 Å². The van der Waals surface area contributed by atoms with Crippen LogP contribution in [-0.2, 0) is 6.67 Å². The van der Waals surface area contributed by atoms with Gasteiger partial charge in [0.05, 0.1) is 28.3 Å². The second kappa shape index (κ2) is 6.49. The topological polar surface area (TPSA) is 64.7 Å². The van der Waals surface area contributed by atoms with Gasteiger partial charge in [0.2, 0.25) is 0 Å². The highest BCUT2D eigenvalue weighted by Crippen LogP contribution is 2.21. The van der Waals surface area contributed by atoms with Gasteiger partial charge < -0.3 is 5.32 Å². The number of rotatable bonds is 4. The molecule has 0 bridgehead atoms. The monoisotopic (exact) mass is 343 g/mol. The Morgan fingerprint density at radius 2 is 2.08 bits per heavy atom. The molecule has 7 heteroatoms. The van der Waals surface area contributed by atoms with E-state index in [4.69, 9.17) is 11.6 Å². The minimum atomic E-state index is -0.147. The van der Waals surface area contributed by atoms with Gasteiger partial charge in [-0.3, -0.25) is 4.79 Å². The Balaban J connectivity index is 1.82. The lowest BCUT2D eigenvalue weighted by Gasteiger charge is -2.08. The maximum Gasteiger partial charge on any atom is 0.255 e. The summed E-state index contributed by atoms with van der Waals surface area (Å²) in [4.78, 5) is 12.5. The van der Waals surface area contributed by atoms with Crippen molar-refractivity contribution in [3.8, 4) is 0 Å². The number of nitrogens with zero attached hydrogens (tertiary/aromatic N) is 4. The van der Waals surface area contributed by atoms with E-state index in [9.17, 15) is 4.79 Å². The van der Waals surface area contributed by atoms with Crippen LogP contribution in [0.15, 0.2) is 36.7 Å². The maximum absolute atomic E-state index is 12.5. The van der Waals surface area contributed by atoms with E-state index in [1.165, 1.54) is 0 Å². The van der Waals surface area contributed by atoms with Crippen LogP contribution >= 0.6 is 11.6 Å². The van der Waals surface area contributed by atoms with Crippen molar-refractivity contribution in [1.29, 1.82) is 0 Å². The molecule has 0 aliphatic heterocycles. The van der Waals surface area contributed by atoms with Crippen LogP contribution in [0.4, 0.5) is 5.69 Å². The summed E-state index contributed by atoms with van der Waals surface area (Å²) in [6, 6.07) is 7.48. The molecule has 0 saturated heterocycles. The van der Waals surface area contributed by atoms with Crippen LogP contribution in [0.1, 0.15) is 27.3 Å². The normalized spacial score (nSPS) is 10.8. The molecule has 24 heavy (non-hydrogen) atoms. The highest BCUT2D eigenvalue weighted by atomic mass is 35.5. The lowest BCUT2D eigenvalue weighted by molar-refractivity contribution is 0.102. The van der Waals surface area contributed by atoms with Crippen LogP contribution in [0.25, 0.3) is 0 Å². The summed E-state index contributed by atoms with van der Waals surface area (Å²) >= 11 is 5.88. The second-order valence-electron chi connectivity index (χ2n) is 5.71. The average Bonchev–Trinajstić information content (AvgIpc) is 3.06. The number of carbonyl (C=O) groups is 1. The summed E-state index contributed by atoms with van der Waals surface area (Å²) in [6.45, 7) is 6.17. The quantitative estimate of drug-likeness (QED) is 0.789. The van der Waals surface area contributed by atoms with Gasteiger partial charge in [0.1, 0.15) is 6.67 Å². The van der Waals surface area contributed by atoms with Crippen molar-refractivity contribution in [2.75, 3.05) is 5.32 Å². The van der Waals surface area contributed by atoms with Crippen molar-refractivity contribution < 1.29 is 4.79 Å². The molecule has 2 heterocycles. The van der Waals surface area contributed by atoms with E-state index in [-0.39, 0.29) is 5.91 Å². The molecule has 0 spiro atoms. The number of anilines is 1. The second-order valence-corrected chi connectivity index (χ2v) is 6.14. The van der Waals surface area contributed by atoms with E-state index >= 15 is 0 Å². The fraction of sp³-hybridized carbons (Fsp3) is 0.235. The third-order valence-corrected chi connectivity index (χ3v) is 3.98. The molecule has 0 fully saturated rings. The Morgan fingerprint density at radius 1 is 1.29 bits per heavy atom. The van der Waals surface area contributed by atoms with Gasteiger partial charge in [-0.25, -0.2) is 9.36 Å². The molecular weight excluding hydrogens is 326 g/mol. The Morgan fingerprint density at radius 3 is 2.75 bits per heavy atom. The van der Waals surface area contributed by atoms with Gasteiger partial charge in [-0.1, -0.05) is 29.3 Å². The van der Waals surface area contributed by atoms with Crippen molar-refractivity contribution in [3.05, 3.63) is 64.2 Å². The molecule has 3 aromatic rings. The summed E-state index contributed by atoms with van der Waals surface area (Å²) in [5.41, 5.74) is 4.01. The first kappa shape index (κ1) is 16.3. The van der Waals surface area contributed by atoms with Crippen LogP contribution in [0, 0.1) is 20.8 Å². The smallest absolute Gasteiger partial charge is 0.255 e. The molecule has 124 valence electrons. The highest BCUT2D eigenvalue weighted by molar-refractivity contribution is 6.30. The van der Waals surface area contributed by atoms with Crippen molar-refractivity contribution in [3.63, 3.8) is 0 Å². The van der Waals surface area contributed by atoms with Gasteiger partial charge in [0.15, 0.2) is 0 Å². The van der Waals surface area contributed by atoms with Crippen LogP contribution < -0.4 is 5.32 Å². The first-order valence-corrected chi connectivity index (χ1v) is 7.92. The molecule has 6 nitrogen and oxygen atoms in total. The van der Waals surface area contributed by atoms with Crippen LogP contribution in [0.5, 0.6) is 0 Å². The third kappa shape index (κ3) is 3.33. The number of hydrogen-bond acceptors (Lipinski definition) is 3. The molecule has 1 amide bonds. The molecule has 1 aromatic carbocycles. The third-order valence-electron chi connectivity index (χ3n) is 3.78. The largest absolute Gasteiger partial charge is 0.319 e. The van der Waals surface area contributed by atoms with Gasteiger partial charge >= 0.3 is 0 Å². The lowest BCUT2D eigenvalue weighted by Crippen LogP contribution is -2.14. The number of benzene rings is 1. The van der Waals surface area contributed by atoms with E-state index in [1.54, 1.807) is 27.8 Å². The SMILES string of the molecule is Cc1cccc(C(=O)Nc2c(C)nn(Cn3cc(Cl)cn3)c2C)c1. The van der Waals surface area contributed by atoms with Crippen LogP contribution in [0.2, 0.25) is 5.02 Å². The molecule has 0 unspecified atom stereocenters. The van der Waals surface area contributed by atoms with E-state index in [0.29, 0.717) is 17.3 Å². The molecular formula is C17H18ClN5O. The molecule has 2 aromatic heterocycles. The predicted octanol–water partition coefficient (Wildman–Crippen LogP) is 3.42. The first-order chi connectivity index (χ1) is 11.4. The molecule has 0 atom stereocenters. The van der Waals surface area contributed by atoms with Crippen molar-refractivity contribution in [2.45, 2.75) is 27.4 Å².